The number of rotatable bonds is 4. The van der Waals surface area contributed by atoms with Crippen LogP contribution in [0, 0.1) is 11.3 Å². The Hall–Kier alpha value is 0.250. The van der Waals surface area contributed by atoms with E-state index in [4.69, 9.17) is 0 Å². The highest BCUT2D eigenvalue weighted by Gasteiger charge is 2.24. The van der Waals surface area contributed by atoms with Gasteiger partial charge in [-0.25, -0.2) is 0 Å². The van der Waals surface area contributed by atoms with Crippen molar-refractivity contribution in [3.8, 4) is 0 Å². The smallest absolute Gasteiger partial charge is 0.0000385 e. The number of hydrogen-bond donors (Lipinski definition) is 1. The lowest BCUT2D eigenvalue weighted by Crippen LogP contribution is -2.28. The monoisotopic (exact) mass is 205 g/mol. The molecule has 0 amide bonds. The molecule has 1 nitrogen and oxygen atoms in total. The summed E-state index contributed by atoms with van der Waals surface area (Å²) in [6.45, 7) is 5.91. The van der Waals surface area contributed by atoms with Crippen LogP contribution in [0.25, 0.3) is 0 Å². The molecule has 1 N–H and O–H groups in total. The molecule has 0 atom stereocenters. The van der Waals surface area contributed by atoms with E-state index in [1.807, 2.05) is 0 Å². The van der Waals surface area contributed by atoms with Crippen LogP contribution in [0.15, 0.2) is 0 Å². The van der Waals surface area contributed by atoms with Crippen LogP contribution in [0.2, 0.25) is 0 Å². The highest BCUT2D eigenvalue weighted by Crippen LogP contribution is 2.34. The molecule has 0 aromatic rings. The normalized spacial score (nSPS) is 18.7. The summed E-state index contributed by atoms with van der Waals surface area (Å²) in [6.07, 6.45) is 7.31. The maximum atomic E-state index is 3.28. The second-order valence-electron chi connectivity index (χ2n) is 5.05. The van der Waals surface area contributed by atoms with Crippen LogP contribution < -0.4 is 5.32 Å². The van der Waals surface area contributed by atoms with Crippen molar-refractivity contribution in [3.05, 3.63) is 0 Å². The molecule has 13 heavy (non-hydrogen) atoms. The van der Waals surface area contributed by atoms with Crippen LogP contribution in [0.3, 0.4) is 0 Å². The lowest BCUT2D eigenvalue weighted by molar-refractivity contribution is 0.262. The van der Waals surface area contributed by atoms with Crippen LogP contribution in [-0.2, 0) is 0 Å². The predicted molar refractivity (Wildman–Crippen MR) is 61.5 cm³/mol. The summed E-state index contributed by atoms with van der Waals surface area (Å²) in [7, 11) is 2.05. The molecule has 0 aromatic carbocycles. The minimum atomic E-state index is 0. The summed E-state index contributed by atoms with van der Waals surface area (Å²) in [5.74, 6) is 1.02. The Labute approximate surface area is 89.1 Å². The quantitative estimate of drug-likeness (QED) is 0.743. The standard InChI is InChI=1S/C11H23N.ClH/c1-11(2,9-12-3)8-10-6-4-5-7-10;/h10,12H,4-9H2,1-3H3;1H. The minimum absolute atomic E-state index is 0. The van der Waals surface area contributed by atoms with Gasteiger partial charge in [-0.1, -0.05) is 39.5 Å². The van der Waals surface area contributed by atoms with Crippen LogP contribution in [-0.4, -0.2) is 13.6 Å². The van der Waals surface area contributed by atoms with Gasteiger partial charge in [-0.15, -0.1) is 12.4 Å². The summed E-state index contributed by atoms with van der Waals surface area (Å²) < 4.78 is 0. The zero-order chi connectivity index (χ0) is 9.03. The van der Waals surface area contributed by atoms with Crippen molar-refractivity contribution in [3.63, 3.8) is 0 Å². The van der Waals surface area contributed by atoms with E-state index in [2.05, 4.69) is 26.2 Å². The van der Waals surface area contributed by atoms with Gasteiger partial charge in [0.1, 0.15) is 0 Å². The number of halogens is 1. The van der Waals surface area contributed by atoms with Crippen molar-refractivity contribution in [1.29, 1.82) is 0 Å². The molecule has 0 radical (unpaired) electrons. The van der Waals surface area contributed by atoms with Gasteiger partial charge in [0.05, 0.1) is 0 Å². The summed E-state index contributed by atoms with van der Waals surface area (Å²) in [5, 5.41) is 3.28. The van der Waals surface area contributed by atoms with E-state index in [1.54, 1.807) is 0 Å². The van der Waals surface area contributed by atoms with E-state index in [-0.39, 0.29) is 12.4 Å². The van der Waals surface area contributed by atoms with Crippen LogP contribution in [0.1, 0.15) is 46.0 Å². The Morgan fingerprint density at radius 2 is 1.77 bits per heavy atom. The van der Waals surface area contributed by atoms with E-state index in [1.165, 1.54) is 32.1 Å². The summed E-state index contributed by atoms with van der Waals surface area (Å²) in [4.78, 5) is 0. The van der Waals surface area contributed by atoms with Crippen molar-refractivity contribution >= 4 is 12.4 Å². The largest absolute Gasteiger partial charge is 0.319 e. The molecule has 0 aliphatic heterocycles. The third-order valence-corrected chi connectivity index (χ3v) is 2.97. The predicted octanol–water partition coefficient (Wildman–Crippen LogP) is 3.23. The van der Waals surface area contributed by atoms with Gasteiger partial charge in [0, 0.05) is 0 Å². The Kier molecular flexibility index (Phi) is 5.98. The van der Waals surface area contributed by atoms with Gasteiger partial charge in [0.25, 0.3) is 0 Å². The first-order chi connectivity index (χ1) is 5.64. The molecule has 0 saturated heterocycles. The van der Waals surface area contributed by atoms with Crippen molar-refractivity contribution in [2.24, 2.45) is 11.3 Å². The average molecular weight is 206 g/mol. The number of hydrogen-bond acceptors (Lipinski definition) is 1. The third-order valence-electron chi connectivity index (χ3n) is 2.97. The van der Waals surface area contributed by atoms with Crippen LogP contribution >= 0.6 is 12.4 Å². The number of nitrogens with one attached hydrogen (secondary N) is 1. The average Bonchev–Trinajstić information content (AvgIpc) is 2.38. The van der Waals surface area contributed by atoms with Gasteiger partial charge < -0.3 is 5.32 Å². The molecule has 1 aliphatic rings. The fraction of sp³-hybridized carbons (Fsp3) is 1.00. The Morgan fingerprint density at radius 1 is 1.23 bits per heavy atom. The highest BCUT2D eigenvalue weighted by atomic mass is 35.5. The molecule has 0 aromatic heterocycles. The Morgan fingerprint density at radius 3 is 2.23 bits per heavy atom. The lowest BCUT2D eigenvalue weighted by Gasteiger charge is -2.27. The van der Waals surface area contributed by atoms with E-state index in [0.717, 1.165) is 12.5 Å². The van der Waals surface area contributed by atoms with E-state index in [0.29, 0.717) is 5.41 Å². The SMILES string of the molecule is CNCC(C)(C)CC1CCCC1.Cl. The molecule has 2 heteroatoms. The second-order valence-corrected chi connectivity index (χ2v) is 5.05. The molecule has 1 fully saturated rings. The molecule has 1 rings (SSSR count). The second kappa shape index (κ2) is 5.87. The van der Waals surface area contributed by atoms with Crippen molar-refractivity contribution in [1.82, 2.24) is 5.32 Å². The van der Waals surface area contributed by atoms with Gasteiger partial charge in [0.2, 0.25) is 0 Å². The minimum Gasteiger partial charge on any atom is -0.319 e. The highest BCUT2D eigenvalue weighted by molar-refractivity contribution is 5.85. The zero-order valence-corrected chi connectivity index (χ0v) is 10.0. The van der Waals surface area contributed by atoms with Gasteiger partial charge in [0.15, 0.2) is 0 Å². The molecule has 80 valence electrons. The molecule has 1 aliphatic carbocycles. The summed E-state index contributed by atoms with van der Waals surface area (Å²) >= 11 is 0. The fourth-order valence-corrected chi connectivity index (χ4v) is 2.55. The maximum Gasteiger partial charge on any atom is -0.0000385 e. The van der Waals surface area contributed by atoms with E-state index >= 15 is 0 Å². The molecule has 0 spiro atoms. The van der Waals surface area contributed by atoms with Crippen LogP contribution in [0.5, 0.6) is 0 Å². The van der Waals surface area contributed by atoms with Gasteiger partial charge in [-0.05, 0) is 31.3 Å². The van der Waals surface area contributed by atoms with Gasteiger partial charge in [-0.3, -0.25) is 0 Å². The summed E-state index contributed by atoms with van der Waals surface area (Å²) in [5.41, 5.74) is 0.504. The lowest BCUT2D eigenvalue weighted by atomic mass is 9.82. The molecular formula is C11H24ClN. The summed E-state index contributed by atoms with van der Waals surface area (Å²) in [6, 6.07) is 0. The topological polar surface area (TPSA) is 12.0 Å². The maximum absolute atomic E-state index is 3.28. The first-order valence-corrected chi connectivity index (χ1v) is 5.29. The zero-order valence-electron chi connectivity index (χ0n) is 9.23. The Balaban J connectivity index is 0.00000144. The molecular weight excluding hydrogens is 182 g/mol. The van der Waals surface area contributed by atoms with Gasteiger partial charge >= 0.3 is 0 Å². The molecule has 0 bridgehead atoms. The Bertz CT molecular complexity index is 128. The first-order valence-electron chi connectivity index (χ1n) is 5.29. The first kappa shape index (κ1) is 13.2. The van der Waals surface area contributed by atoms with E-state index in [9.17, 15) is 0 Å². The van der Waals surface area contributed by atoms with Gasteiger partial charge in [-0.2, -0.15) is 0 Å². The molecule has 0 unspecified atom stereocenters. The van der Waals surface area contributed by atoms with Crippen molar-refractivity contribution < 1.29 is 0 Å². The molecule has 0 heterocycles. The van der Waals surface area contributed by atoms with Crippen LogP contribution in [0.4, 0.5) is 0 Å². The molecule has 1 saturated carbocycles. The van der Waals surface area contributed by atoms with Crippen molar-refractivity contribution in [2.75, 3.05) is 13.6 Å². The third kappa shape index (κ3) is 4.87. The fourth-order valence-electron chi connectivity index (χ4n) is 2.55. The van der Waals surface area contributed by atoms with E-state index < -0.39 is 0 Å². The van der Waals surface area contributed by atoms with Crippen molar-refractivity contribution in [2.45, 2.75) is 46.0 Å².